The second-order valence-electron chi connectivity index (χ2n) is 10.0. The Labute approximate surface area is 216 Å². The molecule has 1 aliphatic carbocycles. The number of aliphatic hydroxyl groups is 2. The van der Waals surface area contributed by atoms with Crippen molar-refractivity contribution in [3.63, 3.8) is 0 Å². The predicted octanol–water partition coefficient (Wildman–Crippen LogP) is 6.09. The van der Waals surface area contributed by atoms with E-state index in [0.29, 0.717) is 29.4 Å². The van der Waals surface area contributed by atoms with Crippen LogP contribution in [0.25, 0.3) is 21.8 Å². The van der Waals surface area contributed by atoms with Crippen LogP contribution in [0.1, 0.15) is 75.4 Å². The normalized spacial score (nSPS) is 16.8. The van der Waals surface area contributed by atoms with E-state index in [4.69, 9.17) is 9.25 Å². The lowest BCUT2D eigenvalue weighted by Crippen LogP contribution is -2.23. The molecule has 2 atom stereocenters. The van der Waals surface area contributed by atoms with E-state index in [1.807, 2.05) is 36.4 Å². The number of aromatic nitrogens is 1. The fourth-order valence-electron chi connectivity index (χ4n) is 5.67. The first-order valence-corrected chi connectivity index (χ1v) is 13.2. The van der Waals surface area contributed by atoms with Crippen LogP contribution in [0, 0.1) is 5.92 Å². The summed E-state index contributed by atoms with van der Waals surface area (Å²) in [5.41, 5.74) is 3.95. The Bertz CT molecular complexity index is 1410. The van der Waals surface area contributed by atoms with Gasteiger partial charge in [0, 0.05) is 40.8 Å². The highest BCUT2D eigenvalue weighted by atomic mass is 16.7. The van der Waals surface area contributed by atoms with Gasteiger partial charge >= 0.3 is 5.97 Å². The number of rotatable bonds is 8. The van der Waals surface area contributed by atoms with E-state index in [1.54, 1.807) is 18.4 Å². The number of aryl methyl sites for hydroxylation is 1. The molecule has 5 rings (SSSR count). The topological polar surface area (TPSA) is 97.2 Å². The van der Waals surface area contributed by atoms with Crippen LogP contribution in [0.5, 0.6) is 0 Å². The van der Waals surface area contributed by atoms with Crippen molar-refractivity contribution < 1.29 is 24.3 Å². The highest BCUT2D eigenvalue weighted by Gasteiger charge is 2.25. The highest BCUT2D eigenvalue weighted by Crippen LogP contribution is 2.35. The predicted molar refractivity (Wildman–Crippen MR) is 143 cm³/mol. The molecule has 7 nitrogen and oxygen atoms in total. The first-order valence-electron chi connectivity index (χ1n) is 13.2. The second-order valence-corrected chi connectivity index (χ2v) is 10.0. The Morgan fingerprint density at radius 1 is 1.08 bits per heavy atom. The molecular formula is C30H34N2O5. The van der Waals surface area contributed by atoms with Gasteiger partial charge in [-0.1, -0.05) is 49.4 Å². The van der Waals surface area contributed by atoms with Crippen LogP contribution in [-0.2, 0) is 16.2 Å². The molecule has 0 bridgehead atoms. The van der Waals surface area contributed by atoms with Gasteiger partial charge < -0.3 is 24.0 Å². The van der Waals surface area contributed by atoms with Crippen molar-refractivity contribution in [2.24, 2.45) is 11.1 Å². The maximum atomic E-state index is 11.5. The van der Waals surface area contributed by atoms with Gasteiger partial charge in [-0.25, -0.2) is 4.79 Å². The van der Waals surface area contributed by atoms with Gasteiger partial charge in [-0.15, -0.1) is 0 Å². The zero-order chi connectivity index (χ0) is 25.9. The monoisotopic (exact) mass is 502 g/mol. The maximum Gasteiger partial charge on any atom is 0.332 e. The quantitative estimate of drug-likeness (QED) is 0.173. The zero-order valence-corrected chi connectivity index (χ0v) is 21.4. The minimum atomic E-state index is -0.946. The van der Waals surface area contributed by atoms with E-state index in [1.165, 1.54) is 26.2 Å². The number of fused-ring (bicyclic) bond motifs is 3. The van der Waals surface area contributed by atoms with Crippen molar-refractivity contribution in [1.29, 1.82) is 0 Å². The number of hydrogen-bond donors (Lipinski definition) is 2. The molecule has 2 aromatic heterocycles. The number of oxime groups is 1. The van der Waals surface area contributed by atoms with E-state index in [-0.39, 0.29) is 0 Å². The lowest BCUT2D eigenvalue weighted by molar-refractivity contribution is -0.140. The molecule has 194 valence electrons. The molecule has 2 N–H and O–H groups in total. The van der Waals surface area contributed by atoms with Crippen molar-refractivity contribution in [2.45, 2.75) is 71.1 Å². The van der Waals surface area contributed by atoms with E-state index in [0.717, 1.165) is 46.8 Å². The van der Waals surface area contributed by atoms with Gasteiger partial charge in [0.05, 0.1) is 12.4 Å². The molecule has 1 fully saturated rings. The van der Waals surface area contributed by atoms with Crippen LogP contribution in [0.4, 0.5) is 0 Å². The highest BCUT2D eigenvalue weighted by molar-refractivity contribution is 6.16. The van der Waals surface area contributed by atoms with Crippen LogP contribution in [0.2, 0.25) is 0 Å². The lowest BCUT2D eigenvalue weighted by Gasteiger charge is -2.26. The van der Waals surface area contributed by atoms with E-state index >= 15 is 0 Å². The molecular weight excluding hydrogens is 468 g/mol. The molecule has 2 unspecified atom stereocenters. The minimum Gasteiger partial charge on any atom is -0.463 e. The zero-order valence-electron chi connectivity index (χ0n) is 21.4. The molecule has 2 heterocycles. The lowest BCUT2D eigenvalue weighted by atomic mass is 9.83. The Morgan fingerprint density at radius 2 is 1.81 bits per heavy atom. The summed E-state index contributed by atoms with van der Waals surface area (Å²) in [4.78, 5) is 16.4. The molecule has 0 aliphatic heterocycles. The smallest absolute Gasteiger partial charge is 0.332 e. The van der Waals surface area contributed by atoms with E-state index in [2.05, 4.69) is 16.6 Å². The fourth-order valence-corrected chi connectivity index (χ4v) is 5.67. The number of hydrogen-bond acceptors (Lipinski definition) is 6. The molecule has 0 radical (unpaired) electrons. The van der Waals surface area contributed by atoms with Gasteiger partial charge in [-0.3, -0.25) is 0 Å². The summed E-state index contributed by atoms with van der Waals surface area (Å²) in [7, 11) is 0. The number of benzene rings is 2. The summed E-state index contributed by atoms with van der Waals surface area (Å²) in [6.45, 7) is 4.18. The van der Waals surface area contributed by atoms with Crippen LogP contribution in [-0.4, -0.2) is 32.6 Å². The van der Waals surface area contributed by atoms with Crippen LogP contribution in [0.15, 0.2) is 64.4 Å². The standard InChI is InChI=1S/C30H34N2O5/c1-3-32-25-13-11-21(29(31-37-19(2)33)28-10-7-15-36-28)17-23(25)24-18-22(12-14-26(24)32)30(35)27(34)16-20-8-5-4-6-9-20/h7,10-15,17-18,20,27,30,34-35H,3-6,8-9,16H2,1-2H3. The number of aliphatic hydroxyl groups excluding tert-OH is 2. The van der Waals surface area contributed by atoms with Gasteiger partial charge in [0.15, 0.2) is 11.5 Å². The summed E-state index contributed by atoms with van der Waals surface area (Å²) >= 11 is 0. The van der Waals surface area contributed by atoms with Crippen molar-refractivity contribution in [3.8, 4) is 0 Å². The summed E-state index contributed by atoms with van der Waals surface area (Å²) in [6.07, 6.45) is 6.37. The molecule has 0 saturated heterocycles. The van der Waals surface area contributed by atoms with E-state index < -0.39 is 18.2 Å². The summed E-state index contributed by atoms with van der Waals surface area (Å²) in [5.74, 6) is 0.447. The number of nitrogens with zero attached hydrogens (tertiary/aromatic N) is 2. The number of carbonyl (C=O) groups is 1. The van der Waals surface area contributed by atoms with Crippen LogP contribution < -0.4 is 0 Å². The van der Waals surface area contributed by atoms with Crippen molar-refractivity contribution in [3.05, 3.63) is 71.7 Å². The van der Waals surface area contributed by atoms with Crippen molar-refractivity contribution in [1.82, 2.24) is 4.57 Å². The summed E-state index contributed by atoms with van der Waals surface area (Å²) in [6, 6.07) is 15.4. The molecule has 4 aromatic rings. The minimum absolute atomic E-state index is 0.415. The summed E-state index contributed by atoms with van der Waals surface area (Å²) < 4.78 is 7.78. The molecule has 1 saturated carbocycles. The molecule has 7 heteroatoms. The third-order valence-corrected chi connectivity index (χ3v) is 7.50. The average Bonchev–Trinajstić information content (AvgIpc) is 3.54. The van der Waals surface area contributed by atoms with Crippen LogP contribution in [0.3, 0.4) is 0 Å². The summed E-state index contributed by atoms with van der Waals surface area (Å²) in [5, 5.41) is 28.0. The Morgan fingerprint density at radius 3 is 2.49 bits per heavy atom. The van der Waals surface area contributed by atoms with Gasteiger partial charge in [-0.2, -0.15) is 0 Å². The SMILES string of the molecule is CCn1c2ccc(C(=NOC(C)=O)c3ccco3)cc2c2cc(C(O)C(O)CC3CCCCC3)ccc21. The third-order valence-electron chi connectivity index (χ3n) is 7.50. The molecule has 2 aromatic carbocycles. The van der Waals surface area contributed by atoms with Gasteiger partial charge in [0.1, 0.15) is 6.10 Å². The molecule has 1 aliphatic rings. The van der Waals surface area contributed by atoms with Gasteiger partial charge in [-0.05, 0) is 61.2 Å². The fraction of sp³-hybridized carbons (Fsp3) is 0.400. The first-order chi connectivity index (χ1) is 18.0. The maximum absolute atomic E-state index is 11.5. The van der Waals surface area contributed by atoms with Crippen molar-refractivity contribution in [2.75, 3.05) is 0 Å². The second kappa shape index (κ2) is 10.9. The number of carbonyl (C=O) groups excluding carboxylic acids is 1. The molecule has 0 amide bonds. The van der Waals surface area contributed by atoms with Gasteiger partial charge in [0.2, 0.25) is 0 Å². The molecule has 0 spiro atoms. The Hall–Kier alpha value is -3.42. The third kappa shape index (κ3) is 5.20. The van der Waals surface area contributed by atoms with Crippen LogP contribution >= 0.6 is 0 Å². The largest absolute Gasteiger partial charge is 0.463 e. The molecule has 37 heavy (non-hydrogen) atoms. The first kappa shape index (κ1) is 25.2. The van der Waals surface area contributed by atoms with E-state index in [9.17, 15) is 15.0 Å². The Kier molecular flexibility index (Phi) is 7.44. The van der Waals surface area contributed by atoms with Crippen molar-refractivity contribution >= 4 is 33.5 Å². The average molecular weight is 503 g/mol. The van der Waals surface area contributed by atoms with Gasteiger partial charge in [0.25, 0.3) is 0 Å². The Balaban J connectivity index is 1.55. The number of furan rings is 1.